The van der Waals surface area contributed by atoms with Crippen molar-refractivity contribution >= 4 is 15.9 Å². The van der Waals surface area contributed by atoms with Gasteiger partial charge in [0.1, 0.15) is 0 Å². The summed E-state index contributed by atoms with van der Waals surface area (Å²) in [6, 6.07) is 0. The molecule has 2 atom stereocenters. The first-order valence-electron chi connectivity index (χ1n) is 6.88. The van der Waals surface area contributed by atoms with Crippen molar-refractivity contribution in [1.29, 1.82) is 0 Å². The van der Waals surface area contributed by atoms with E-state index < -0.39 is 10.0 Å². The molecule has 2 rings (SSSR count). The molecule has 1 saturated heterocycles. The summed E-state index contributed by atoms with van der Waals surface area (Å²) >= 11 is 0. The lowest BCUT2D eigenvalue weighted by molar-refractivity contribution is -0.133. The Morgan fingerprint density at radius 3 is 2.89 bits per heavy atom. The molecule has 0 radical (unpaired) electrons. The van der Waals surface area contributed by atoms with Crippen LogP contribution in [0.5, 0.6) is 0 Å². The Balaban J connectivity index is 1.85. The van der Waals surface area contributed by atoms with Gasteiger partial charge in [-0.25, -0.2) is 13.1 Å². The molecule has 0 aromatic heterocycles. The molecule has 0 aromatic rings. The molecule has 3 N–H and O–H groups in total. The van der Waals surface area contributed by atoms with Gasteiger partial charge < -0.3 is 10.6 Å². The molecule has 1 heterocycles. The van der Waals surface area contributed by atoms with Gasteiger partial charge in [0.2, 0.25) is 15.9 Å². The fourth-order valence-electron chi connectivity index (χ4n) is 3.28. The third-order valence-corrected chi connectivity index (χ3v) is 4.99. The zero-order chi connectivity index (χ0) is 13.9. The van der Waals surface area contributed by atoms with Crippen molar-refractivity contribution in [3.63, 3.8) is 0 Å². The molecule has 110 valence electrons. The van der Waals surface area contributed by atoms with Gasteiger partial charge in [-0.2, -0.15) is 0 Å². The molecule has 0 spiro atoms. The summed E-state index contributed by atoms with van der Waals surface area (Å²) in [5.74, 6) is 0.515. The van der Waals surface area contributed by atoms with E-state index in [0.29, 0.717) is 12.5 Å². The van der Waals surface area contributed by atoms with Gasteiger partial charge in [-0.3, -0.25) is 4.79 Å². The number of amides is 1. The van der Waals surface area contributed by atoms with Crippen LogP contribution in [0, 0.1) is 11.3 Å². The zero-order valence-corrected chi connectivity index (χ0v) is 12.2. The van der Waals surface area contributed by atoms with E-state index in [0.717, 1.165) is 38.6 Å². The molecule has 1 saturated carbocycles. The minimum Gasteiger partial charge on any atom is -0.354 e. The number of rotatable bonds is 5. The molecule has 6 nitrogen and oxygen atoms in total. The minimum absolute atomic E-state index is 0.0810. The van der Waals surface area contributed by atoms with Gasteiger partial charge in [0.25, 0.3) is 0 Å². The topological polar surface area (TPSA) is 87.3 Å². The van der Waals surface area contributed by atoms with Crippen molar-refractivity contribution < 1.29 is 13.2 Å². The van der Waals surface area contributed by atoms with Crippen LogP contribution in [0.4, 0.5) is 0 Å². The van der Waals surface area contributed by atoms with Crippen LogP contribution in [-0.4, -0.2) is 46.8 Å². The number of nitrogens with one attached hydrogen (secondary N) is 3. The molecule has 2 aliphatic rings. The monoisotopic (exact) mass is 289 g/mol. The fourth-order valence-corrected chi connectivity index (χ4v) is 3.75. The van der Waals surface area contributed by atoms with Crippen LogP contribution < -0.4 is 15.4 Å². The van der Waals surface area contributed by atoms with E-state index >= 15 is 0 Å². The van der Waals surface area contributed by atoms with Crippen molar-refractivity contribution in [2.24, 2.45) is 11.3 Å². The molecular weight excluding hydrogens is 266 g/mol. The zero-order valence-electron chi connectivity index (χ0n) is 11.4. The van der Waals surface area contributed by atoms with Crippen molar-refractivity contribution in [1.82, 2.24) is 15.4 Å². The molecule has 7 heteroatoms. The van der Waals surface area contributed by atoms with E-state index in [2.05, 4.69) is 15.4 Å². The van der Waals surface area contributed by atoms with E-state index in [1.807, 2.05) is 0 Å². The highest BCUT2D eigenvalue weighted by atomic mass is 32.2. The maximum absolute atomic E-state index is 12.4. The van der Waals surface area contributed by atoms with Crippen molar-refractivity contribution in [3.05, 3.63) is 0 Å². The molecule has 1 aliphatic carbocycles. The van der Waals surface area contributed by atoms with Crippen LogP contribution in [-0.2, 0) is 14.8 Å². The Morgan fingerprint density at radius 2 is 2.16 bits per heavy atom. The molecule has 1 amide bonds. The number of carbonyl (C=O) groups is 1. The Labute approximate surface area is 114 Å². The first-order chi connectivity index (χ1) is 8.94. The average Bonchev–Trinajstić information content (AvgIpc) is 2.78. The molecule has 1 aliphatic heterocycles. The van der Waals surface area contributed by atoms with Gasteiger partial charge in [0.15, 0.2) is 0 Å². The van der Waals surface area contributed by atoms with Crippen LogP contribution in [0.25, 0.3) is 0 Å². The van der Waals surface area contributed by atoms with Gasteiger partial charge in [-0.1, -0.05) is 12.8 Å². The summed E-state index contributed by atoms with van der Waals surface area (Å²) in [5.41, 5.74) is -0.261. The second-order valence-electron chi connectivity index (χ2n) is 5.65. The molecule has 0 aromatic carbocycles. The predicted octanol–water partition coefficient (Wildman–Crippen LogP) is -0.568. The van der Waals surface area contributed by atoms with Crippen molar-refractivity contribution in [2.45, 2.75) is 25.7 Å². The lowest BCUT2D eigenvalue weighted by Gasteiger charge is -2.37. The molecule has 0 unspecified atom stereocenters. The smallest absolute Gasteiger partial charge is 0.227 e. The van der Waals surface area contributed by atoms with Gasteiger partial charge in [-0.05, 0) is 25.3 Å². The third kappa shape index (κ3) is 3.46. The highest BCUT2D eigenvalue weighted by Crippen LogP contribution is 2.43. The quantitative estimate of drug-likeness (QED) is 0.592. The number of hydrogen-bond acceptors (Lipinski definition) is 4. The largest absolute Gasteiger partial charge is 0.354 e. The maximum atomic E-state index is 12.4. The van der Waals surface area contributed by atoms with E-state index in [4.69, 9.17) is 0 Å². The van der Waals surface area contributed by atoms with Crippen LogP contribution in [0.15, 0.2) is 0 Å². The SMILES string of the molecule is CS(=O)(=O)NCCNC(=O)[C@@]12CCCC[C@H]1CNC2. The third-order valence-electron chi connectivity index (χ3n) is 4.27. The van der Waals surface area contributed by atoms with E-state index in [9.17, 15) is 13.2 Å². The average molecular weight is 289 g/mol. The molecular formula is C12H23N3O3S. The van der Waals surface area contributed by atoms with E-state index in [1.165, 1.54) is 6.42 Å². The van der Waals surface area contributed by atoms with Crippen LogP contribution >= 0.6 is 0 Å². The summed E-state index contributed by atoms with van der Waals surface area (Å²) in [7, 11) is -3.18. The second-order valence-corrected chi connectivity index (χ2v) is 7.49. The summed E-state index contributed by atoms with van der Waals surface area (Å²) in [6.45, 7) is 2.27. The lowest BCUT2D eigenvalue weighted by atomic mass is 9.67. The number of sulfonamides is 1. The highest BCUT2D eigenvalue weighted by molar-refractivity contribution is 7.88. The van der Waals surface area contributed by atoms with Gasteiger partial charge >= 0.3 is 0 Å². The van der Waals surface area contributed by atoms with Crippen LogP contribution in [0.3, 0.4) is 0 Å². The lowest BCUT2D eigenvalue weighted by Crippen LogP contribution is -2.49. The number of hydrogen-bond donors (Lipinski definition) is 3. The summed E-state index contributed by atoms with van der Waals surface area (Å²) in [6.07, 6.45) is 5.48. The van der Waals surface area contributed by atoms with E-state index in [-0.39, 0.29) is 17.9 Å². The van der Waals surface area contributed by atoms with Gasteiger partial charge in [-0.15, -0.1) is 0 Å². The van der Waals surface area contributed by atoms with Crippen LogP contribution in [0.2, 0.25) is 0 Å². The molecule has 19 heavy (non-hydrogen) atoms. The highest BCUT2D eigenvalue weighted by Gasteiger charge is 2.49. The Bertz CT molecular complexity index is 438. The Kier molecular flexibility index (Phi) is 4.47. The van der Waals surface area contributed by atoms with Crippen LogP contribution in [0.1, 0.15) is 25.7 Å². The maximum Gasteiger partial charge on any atom is 0.227 e. The Morgan fingerprint density at radius 1 is 1.37 bits per heavy atom. The number of carbonyl (C=O) groups excluding carboxylic acids is 1. The molecule has 0 bridgehead atoms. The predicted molar refractivity (Wildman–Crippen MR) is 73.1 cm³/mol. The summed E-state index contributed by atoms with van der Waals surface area (Å²) in [4.78, 5) is 12.4. The van der Waals surface area contributed by atoms with Crippen molar-refractivity contribution in [2.75, 3.05) is 32.4 Å². The van der Waals surface area contributed by atoms with Gasteiger partial charge in [0, 0.05) is 19.6 Å². The van der Waals surface area contributed by atoms with E-state index in [1.54, 1.807) is 0 Å². The minimum atomic E-state index is -3.18. The summed E-state index contributed by atoms with van der Waals surface area (Å²) < 4.78 is 24.2. The fraction of sp³-hybridized carbons (Fsp3) is 0.917. The standard InChI is InChI=1S/C12H23N3O3S/c1-19(17,18)15-7-6-14-11(16)12-5-3-2-4-10(12)8-13-9-12/h10,13,15H,2-9H2,1H3,(H,14,16)/t10-,12+/m0/s1. The first-order valence-corrected chi connectivity index (χ1v) is 8.77. The van der Waals surface area contributed by atoms with Gasteiger partial charge in [0.05, 0.1) is 11.7 Å². The Hall–Kier alpha value is -0.660. The number of fused-ring (bicyclic) bond motifs is 1. The summed E-state index contributed by atoms with van der Waals surface area (Å²) in [5, 5.41) is 6.21. The molecule has 2 fully saturated rings. The first kappa shape index (κ1) is 14.7. The second kappa shape index (κ2) is 5.76. The van der Waals surface area contributed by atoms with Crippen molar-refractivity contribution in [3.8, 4) is 0 Å². The normalized spacial score (nSPS) is 30.9.